The molecule has 3 rings (SSSR count). The van der Waals surface area contributed by atoms with E-state index < -0.39 is 16.0 Å². The highest BCUT2D eigenvalue weighted by Gasteiger charge is 2.22. The van der Waals surface area contributed by atoms with Crippen LogP contribution in [0.3, 0.4) is 0 Å². The van der Waals surface area contributed by atoms with Crippen molar-refractivity contribution in [2.45, 2.75) is 18.4 Å². The van der Waals surface area contributed by atoms with Crippen molar-refractivity contribution in [1.82, 2.24) is 4.57 Å². The zero-order valence-electron chi connectivity index (χ0n) is 14.8. The van der Waals surface area contributed by atoms with Gasteiger partial charge in [-0.3, -0.25) is 9.52 Å². The molecule has 0 saturated carbocycles. The van der Waals surface area contributed by atoms with E-state index in [9.17, 15) is 13.2 Å². The summed E-state index contributed by atoms with van der Waals surface area (Å²) in [7, 11) is -2.68. The number of esters is 1. The number of sulfonamides is 1. The van der Waals surface area contributed by atoms with Gasteiger partial charge < -0.3 is 9.30 Å². The lowest BCUT2D eigenvalue weighted by molar-refractivity contribution is -0.141. The summed E-state index contributed by atoms with van der Waals surface area (Å²) in [4.78, 5) is 11.8. The minimum atomic E-state index is -3.97. The minimum absolute atomic E-state index is 0.0443. The number of rotatable bonds is 5. The van der Waals surface area contributed by atoms with E-state index >= 15 is 0 Å². The van der Waals surface area contributed by atoms with Gasteiger partial charge in [0.15, 0.2) is 0 Å². The first-order chi connectivity index (χ1) is 13.1. The number of carbonyl (C=O) groups excluding carboxylic acids is 1. The van der Waals surface area contributed by atoms with E-state index in [0.29, 0.717) is 27.3 Å². The van der Waals surface area contributed by atoms with E-state index in [0.717, 1.165) is 0 Å². The Kier molecular flexibility index (Phi) is 5.82. The van der Waals surface area contributed by atoms with Gasteiger partial charge in [0.2, 0.25) is 0 Å². The number of halogens is 3. The van der Waals surface area contributed by atoms with Crippen LogP contribution < -0.4 is 4.72 Å². The summed E-state index contributed by atoms with van der Waals surface area (Å²) in [6, 6.07) is 9.03. The fourth-order valence-corrected chi connectivity index (χ4v) is 4.52. The molecule has 0 bridgehead atoms. The van der Waals surface area contributed by atoms with Crippen molar-refractivity contribution >= 4 is 67.4 Å². The van der Waals surface area contributed by atoms with Gasteiger partial charge in [-0.2, -0.15) is 0 Å². The number of hydrogen-bond acceptors (Lipinski definition) is 4. The van der Waals surface area contributed by atoms with E-state index in [4.69, 9.17) is 39.5 Å². The number of ether oxygens (including phenoxy) is 1. The minimum Gasteiger partial charge on any atom is -0.468 e. The number of nitrogens with one attached hydrogen (secondary N) is 1. The van der Waals surface area contributed by atoms with Gasteiger partial charge in [-0.1, -0.05) is 34.8 Å². The van der Waals surface area contributed by atoms with Crippen molar-refractivity contribution in [1.29, 1.82) is 0 Å². The Morgan fingerprint density at radius 1 is 1.11 bits per heavy atom. The van der Waals surface area contributed by atoms with Gasteiger partial charge in [0, 0.05) is 16.1 Å². The quantitative estimate of drug-likeness (QED) is 0.549. The van der Waals surface area contributed by atoms with Crippen LogP contribution in [0, 0.1) is 6.92 Å². The monoisotopic (exact) mass is 460 g/mol. The van der Waals surface area contributed by atoms with Gasteiger partial charge in [-0.05, 0) is 43.3 Å². The SMILES string of the molecule is COC(=O)Cn1c(C)c(NS(=O)(=O)c2ccc(Cl)c(Cl)c2)c2cc(Cl)ccc21. The smallest absolute Gasteiger partial charge is 0.325 e. The summed E-state index contributed by atoms with van der Waals surface area (Å²) in [5.41, 5.74) is 1.48. The Labute approximate surface area is 177 Å². The summed E-state index contributed by atoms with van der Waals surface area (Å²) in [5.74, 6) is -0.464. The lowest BCUT2D eigenvalue weighted by Gasteiger charge is -2.10. The van der Waals surface area contributed by atoms with E-state index in [1.54, 1.807) is 29.7 Å². The predicted octanol–water partition coefficient (Wildman–Crippen LogP) is 4.88. The molecule has 1 aromatic heterocycles. The van der Waals surface area contributed by atoms with Crippen LogP contribution in [0.2, 0.25) is 15.1 Å². The number of hydrogen-bond donors (Lipinski definition) is 1. The van der Waals surface area contributed by atoms with Crippen LogP contribution in [-0.4, -0.2) is 26.1 Å². The number of carbonyl (C=O) groups is 1. The highest BCUT2D eigenvalue weighted by Crippen LogP contribution is 2.35. The van der Waals surface area contributed by atoms with Crippen LogP contribution in [0.15, 0.2) is 41.3 Å². The molecule has 1 heterocycles. The van der Waals surface area contributed by atoms with Crippen LogP contribution in [-0.2, 0) is 26.1 Å². The molecule has 1 N–H and O–H groups in total. The zero-order valence-corrected chi connectivity index (χ0v) is 17.9. The third-order valence-corrected chi connectivity index (χ3v) is 6.56. The second-order valence-electron chi connectivity index (χ2n) is 5.97. The third-order valence-electron chi connectivity index (χ3n) is 4.24. The molecule has 0 fully saturated rings. The van der Waals surface area contributed by atoms with Gasteiger partial charge in [-0.25, -0.2) is 8.42 Å². The molecule has 6 nitrogen and oxygen atoms in total. The van der Waals surface area contributed by atoms with Gasteiger partial charge in [0.25, 0.3) is 10.0 Å². The Bertz CT molecular complexity index is 1190. The molecule has 10 heteroatoms. The van der Waals surface area contributed by atoms with Crippen LogP contribution in [0.5, 0.6) is 0 Å². The fourth-order valence-electron chi connectivity index (χ4n) is 2.82. The van der Waals surface area contributed by atoms with E-state index in [1.165, 1.54) is 25.3 Å². The molecule has 0 amide bonds. The maximum absolute atomic E-state index is 12.9. The standard InChI is InChI=1S/C18H15Cl3N2O4S/c1-10-18(22-28(25,26)12-4-5-14(20)15(21)8-12)13-7-11(19)3-6-16(13)23(10)9-17(24)27-2/h3-8,22H,9H2,1-2H3. The molecule has 148 valence electrons. The Morgan fingerprint density at radius 3 is 2.46 bits per heavy atom. The van der Waals surface area contributed by atoms with Crippen molar-refractivity contribution in [3.05, 3.63) is 57.2 Å². The van der Waals surface area contributed by atoms with Gasteiger partial charge >= 0.3 is 5.97 Å². The Hall–Kier alpha value is -1.93. The first-order valence-corrected chi connectivity index (χ1v) is 10.6. The molecular weight excluding hydrogens is 447 g/mol. The predicted molar refractivity (Wildman–Crippen MR) is 111 cm³/mol. The van der Waals surface area contributed by atoms with Crippen molar-refractivity contribution in [3.63, 3.8) is 0 Å². The van der Waals surface area contributed by atoms with E-state index in [1.807, 2.05) is 0 Å². The van der Waals surface area contributed by atoms with Gasteiger partial charge in [0.1, 0.15) is 6.54 Å². The Balaban J connectivity index is 2.14. The summed E-state index contributed by atoms with van der Waals surface area (Å²) < 4.78 is 34.7. The van der Waals surface area contributed by atoms with Crippen LogP contribution >= 0.6 is 34.8 Å². The summed E-state index contributed by atoms with van der Waals surface area (Å²) in [6.07, 6.45) is 0. The summed E-state index contributed by atoms with van der Waals surface area (Å²) >= 11 is 17.9. The Morgan fingerprint density at radius 2 is 1.82 bits per heavy atom. The van der Waals surface area contributed by atoms with Crippen molar-refractivity contribution < 1.29 is 17.9 Å². The number of anilines is 1. The maximum atomic E-state index is 12.9. The molecule has 0 radical (unpaired) electrons. The third kappa shape index (κ3) is 3.93. The van der Waals surface area contributed by atoms with E-state index in [2.05, 4.69) is 4.72 Å². The molecule has 0 atom stereocenters. The van der Waals surface area contributed by atoms with Crippen LogP contribution in [0.25, 0.3) is 10.9 Å². The first kappa shape index (κ1) is 20.8. The molecule has 2 aromatic carbocycles. The lowest BCUT2D eigenvalue weighted by Crippen LogP contribution is -2.15. The molecule has 0 unspecified atom stereocenters. The van der Waals surface area contributed by atoms with Crippen molar-refractivity contribution in [3.8, 4) is 0 Å². The molecule has 3 aromatic rings. The molecular formula is C18H15Cl3N2O4S. The number of methoxy groups -OCH3 is 1. The molecule has 0 aliphatic heterocycles. The van der Waals surface area contributed by atoms with E-state index in [-0.39, 0.29) is 21.5 Å². The highest BCUT2D eigenvalue weighted by molar-refractivity contribution is 7.92. The van der Waals surface area contributed by atoms with Crippen molar-refractivity contribution in [2.75, 3.05) is 11.8 Å². The van der Waals surface area contributed by atoms with Crippen LogP contribution in [0.4, 0.5) is 5.69 Å². The number of benzene rings is 2. The topological polar surface area (TPSA) is 77.4 Å². The second kappa shape index (κ2) is 7.83. The first-order valence-electron chi connectivity index (χ1n) is 7.97. The number of fused-ring (bicyclic) bond motifs is 1. The number of nitrogens with zero attached hydrogens (tertiary/aromatic N) is 1. The molecule has 0 spiro atoms. The fraction of sp³-hybridized carbons (Fsp3) is 0.167. The molecule has 28 heavy (non-hydrogen) atoms. The molecule has 0 saturated heterocycles. The average molecular weight is 462 g/mol. The van der Waals surface area contributed by atoms with Gasteiger partial charge in [0.05, 0.1) is 33.3 Å². The number of aromatic nitrogens is 1. The summed E-state index contributed by atoms with van der Waals surface area (Å²) in [5, 5.41) is 1.35. The largest absolute Gasteiger partial charge is 0.468 e. The molecule has 0 aliphatic carbocycles. The zero-order chi connectivity index (χ0) is 20.6. The molecule has 0 aliphatic rings. The van der Waals surface area contributed by atoms with Crippen LogP contribution in [0.1, 0.15) is 5.69 Å². The lowest BCUT2D eigenvalue weighted by atomic mass is 10.2. The normalized spacial score (nSPS) is 11.6. The average Bonchev–Trinajstić information content (AvgIpc) is 2.88. The maximum Gasteiger partial charge on any atom is 0.325 e. The van der Waals surface area contributed by atoms with Gasteiger partial charge in [-0.15, -0.1) is 0 Å². The summed E-state index contributed by atoms with van der Waals surface area (Å²) in [6.45, 7) is 1.62. The highest BCUT2D eigenvalue weighted by atomic mass is 35.5. The van der Waals surface area contributed by atoms with Crippen molar-refractivity contribution in [2.24, 2.45) is 0 Å². The second-order valence-corrected chi connectivity index (χ2v) is 8.90.